The number of aryl methyl sites for hydroxylation is 1. The summed E-state index contributed by atoms with van der Waals surface area (Å²) in [6.45, 7) is 1.83. The van der Waals surface area contributed by atoms with Crippen molar-refractivity contribution in [1.29, 1.82) is 0 Å². The van der Waals surface area contributed by atoms with Gasteiger partial charge in [-0.1, -0.05) is 36.4 Å². The molecule has 0 atom stereocenters. The van der Waals surface area contributed by atoms with E-state index >= 15 is 0 Å². The Morgan fingerprint density at radius 1 is 1.05 bits per heavy atom. The molecule has 1 aliphatic heterocycles. The molecular formula is C15H11NO5S. The minimum absolute atomic E-state index is 0.0980. The number of rotatable bonds is 1. The molecule has 0 radical (unpaired) electrons. The van der Waals surface area contributed by atoms with Gasteiger partial charge in [0, 0.05) is 0 Å². The summed E-state index contributed by atoms with van der Waals surface area (Å²) in [5.41, 5.74) is 1.86. The first-order valence-electron chi connectivity index (χ1n) is 6.37. The Kier molecular flexibility index (Phi) is 3.03. The van der Waals surface area contributed by atoms with Gasteiger partial charge in [-0.3, -0.25) is 4.79 Å². The van der Waals surface area contributed by atoms with Crippen LogP contribution in [-0.2, 0) is 10.0 Å². The van der Waals surface area contributed by atoms with Crippen LogP contribution < -0.4 is 0 Å². The second-order valence-corrected chi connectivity index (χ2v) is 6.61. The van der Waals surface area contributed by atoms with Gasteiger partial charge in [0.25, 0.3) is 15.9 Å². The fourth-order valence-electron chi connectivity index (χ4n) is 2.56. The lowest BCUT2D eigenvalue weighted by Crippen LogP contribution is -2.34. The molecule has 3 rings (SSSR count). The van der Waals surface area contributed by atoms with Crippen LogP contribution in [0.3, 0.4) is 0 Å². The maximum Gasteiger partial charge on any atom is 0.428 e. The predicted octanol–water partition coefficient (Wildman–Crippen LogP) is 2.48. The molecule has 0 aromatic heterocycles. The van der Waals surface area contributed by atoms with E-state index in [1.165, 1.54) is 12.1 Å². The van der Waals surface area contributed by atoms with Gasteiger partial charge in [0.2, 0.25) is 0 Å². The van der Waals surface area contributed by atoms with E-state index in [2.05, 4.69) is 0 Å². The molecule has 0 fully saturated rings. The predicted molar refractivity (Wildman–Crippen MR) is 78.0 cm³/mol. The summed E-state index contributed by atoms with van der Waals surface area (Å²) >= 11 is 0. The molecule has 1 heterocycles. The zero-order valence-electron chi connectivity index (χ0n) is 11.5. The van der Waals surface area contributed by atoms with Crippen LogP contribution >= 0.6 is 0 Å². The van der Waals surface area contributed by atoms with Gasteiger partial charge in [-0.25, -0.2) is 13.2 Å². The maximum absolute atomic E-state index is 12.3. The van der Waals surface area contributed by atoms with Crippen molar-refractivity contribution >= 4 is 22.0 Å². The highest BCUT2D eigenvalue weighted by Crippen LogP contribution is 2.38. The molecule has 2 aromatic carbocycles. The molecule has 0 bridgehead atoms. The highest BCUT2D eigenvalue weighted by Gasteiger charge is 2.46. The topological polar surface area (TPSA) is 91.8 Å². The van der Waals surface area contributed by atoms with Crippen LogP contribution in [0.1, 0.15) is 15.9 Å². The Morgan fingerprint density at radius 3 is 2.32 bits per heavy atom. The quantitative estimate of drug-likeness (QED) is 0.872. The van der Waals surface area contributed by atoms with Crippen molar-refractivity contribution in [2.45, 2.75) is 11.8 Å². The third-order valence-corrected chi connectivity index (χ3v) is 5.25. The van der Waals surface area contributed by atoms with Gasteiger partial charge in [0.15, 0.2) is 0 Å². The van der Waals surface area contributed by atoms with Gasteiger partial charge < -0.3 is 5.11 Å². The highest BCUT2D eigenvalue weighted by molar-refractivity contribution is 7.90. The van der Waals surface area contributed by atoms with Crippen LogP contribution in [0.25, 0.3) is 11.1 Å². The lowest BCUT2D eigenvalue weighted by atomic mass is 9.95. The molecule has 1 aliphatic rings. The van der Waals surface area contributed by atoms with Crippen molar-refractivity contribution in [3.05, 3.63) is 53.6 Å². The second kappa shape index (κ2) is 4.67. The molecule has 2 amide bonds. The highest BCUT2D eigenvalue weighted by atomic mass is 32.2. The molecule has 0 spiro atoms. The Balaban J connectivity index is 2.35. The molecule has 0 aliphatic carbocycles. The Morgan fingerprint density at radius 2 is 1.68 bits per heavy atom. The first-order valence-corrected chi connectivity index (χ1v) is 7.81. The number of benzene rings is 2. The molecule has 0 unspecified atom stereocenters. The molecule has 22 heavy (non-hydrogen) atoms. The van der Waals surface area contributed by atoms with E-state index in [4.69, 9.17) is 5.11 Å². The molecule has 2 aromatic rings. The lowest BCUT2D eigenvalue weighted by Gasteiger charge is -2.09. The van der Waals surface area contributed by atoms with Crippen molar-refractivity contribution in [3.63, 3.8) is 0 Å². The summed E-state index contributed by atoms with van der Waals surface area (Å²) in [5, 5.41) is 9.03. The molecule has 0 saturated heterocycles. The zero-order valence-corrected chi connectivity index (χ0v) is 12.3. The monoisotopic (exact) mass is 317 g/mol. The van der Waals surface area contributed by atoms with E-state index in [-0.39, 0.29) is 14.8 Å². The first kappa shape index (κ1) is 14.3. The Bertz CT molecular complexity index is 917. The number of imide groups is 1. The van der Waals surface area contributed by atoms with Crippen molar-refractivity contribution in [2.75, 3.05) is 0 Å². The van der Waals surface area contributed by atoms with Crippen LogP contribution in [-0.4, -0.2) is 29.8 Å². The van der Waals surface area contributed by atoms with Crippen LogP contribution in [0.4, 0.5) is 4.79 Å². The third kappa shape index (κ3) is 1.82. The minimum Gasteiger partial charge on any atom is -0.464 e. The van der Waals surface area contributed by atoms with Gasteiger partial charge in [-0.15, -0.1) is 4.31 Å². The second-order valence-electron chi connectivity index (χ2n) is 4.85. The summed E-state index contributed by atoms with van der Waals surface area (Å²) in [4.78, 5) is 23.2. The summed E-state index contributed by atoms with van der Waals surface area (Å²) in [7, 11) is -4.35. The smallest absolute Gasteiger partial charge is 0.428 e. The van der Waals surface area contributed by atoms with E-state index in [0.717, 1.165) is 5.56 Å². The van der Waals surface area contributed by atoms with Crippen molar-refractivity contribution in [1.82, 2.24) is 4.31 Å². The van der Waals surface area contributed by atoms with Crippen LogP contribution in [0, 0.1) is 6.92 Å². The first-order chi connectivity index (χ1) is 10.4. The maximum atomic E-state index is 12.3. The average Bonchev–Trinajstić information content (AvgIpc) is 2.66. The fourth-order valence-corrected chi connectivity index (χ4v) is 3.98. The Labute approximate surface area is 126 Å². The molecular weight excluding hydrogens is 306 g/mol. The van der Waals surface area contributed by atoms with E-state index in [0.29, 0.717) is 11.1 Å². The minimum atomic E-state index is -4.35. The SMILES string of the molecule is Cc1ccccc1-c1cccc2c1C(=O)N(C(=O)O)S2(=O)=O. The number of carbonyl (C=O) groups is 2. The number of sulfonamides is 1. The molecule has 6 nitrogen and oxygen atoms in total. The number of carboxylic acid groups (broad SMARTS) is 1. The molecule has 7 heteroatoms. The lowest BCUT2D eigenvalue weighted by molar-refractivity contribution is 0.0861. The number of fused-ring (bicyclic) bond motifs is 1. The van der Waals surface area contributed by atoms with E-state index in [1.54, 1.807) is 18.2 Å². The average molecular weight is 317 g/mol. The van der Waals surface area contributed by atoms with Crippen LogP contribution in [0.2, 0.25) is 0 Å². The van der Waals surface area contributed by atoms with Gasteiger partial charge >= 0.3 is 6.09 Å². The van der Waals surface area contributed by atoms with Gasteiger partial charge in [0.05, 0.1) is 5.56 Å². The number of amides is 2. The molecule has 1 N–H and O–H groups in total. The number of nitrogens with zero attached hydrogens (tertiary/aromatic N) is 1. The number of hydrogen-bond acceptors (Lipinski definition) is 4. The van der Waals surface area contributed by atoms with Crippen molar-refractivity contribution in [2.24, 2.45) is 0 Å². The molecule has 0 saturated carbocycles. The summed E-state index contributed by atoms with van der Waals surface area (Å²) in [6.07, 6.45) is -1.81. The standard InChI is InChI=1S/C15H11NO5S/c1-9-5-2-3-6-10(9)11-7-4-8-12-13(11)14(17)16(15(18)19)22(12,20)21/h2-8H,1H3,(H,18,19). The number of hydrogen-bond donors (Lipinski definition) is 1. The Hall–Kier alpha value is -2.67. The zero-order chi connectivity index (χ0) is 16.1. The van der Waals surface area contributed by atoms with Gasteiger partial charge in [-0.05, 0) is 29.7 Å². The van der Waals surface area contributed by atoms with Gasteiger partial charge in [-0.2, -0.15) is 0 Å². The fraction of sp³-hybridized carbons (Fsp3) is 0.0667. The summed E-state index contributed by atoms with van der Waals surface area (Å²) < 4.78 is 24.3. The van der Waals surface area contributed by atoms with Gasteiger partial charge in [0.1, 0.15) is 4.90 Å². The summed E-state index contributed by atoms with van der Waals surface area (Å²) in [5.74, 6) is -1.04. The van der Waals surface area contributed by atoms with Crippen molar-refractivity contribution < 1.29 is 23.1 Å². The van der Waals surface area contributed by atoms with Crippen LogP contribution in [0.5, 0.6) is 0 Å². The van der Waals surface area contributed by atoms with E-state index in [9.17, 15) is 18.0 Å². The third-order valence-electron chi connectivity index (χ3n) is 3.55. The number of carbonyl (C=O) groups excluding carboxylic acids is 1. The van der Waals surface area contributed by atoms with Crippen LogP contribution in [0.15, 0.2) is 47.4 Å². The normalized spacial score (nSPS) is 15.7. The van der Waals surface area contributed by atoms with Crippen molar-refractivity contribution in [3.8, 4) is 11.1 Å². The van der Waals surface area contributed by atoms with E-state index < -0.39 is 22.0 Å². The largest absolute Gasteiger partial charge is 0.464 e. The van der Waals surface area contributed by atoms with E-state index in [1.807, 2.05) is 19.1 Å². The molecule has 112 valence electrons. The summed E-state index contributed by atoms with van der Waals surface area (Å²) in [6, 6.07) is 11.5.